The van der Waals surface area contributed by atoms with Crippen molar-refractivity contribution < 1.29 is 19.2 Å². The molecule has 9 nitrogen and oxygen atoms in total. The largest absolute Gasteiger partial charge is 0.390 e. The topological polar surface area (TPSA) is 111 Å². The molecule has 0 saturated carbocycles. The minimum absolute atomic E-state index is 0.108. The zero-order valence-electron chi connectivity index (χ0n) is 15.2. The van der Waals surface area contributed by atoms with Gasteiger partial charge < -0.3 is 25.2 Å². The fourth-order valence-corrected chi connectivity index (χ4v) is 2.83. The lowest BCUT2D eigenvalue weighted by Crippen LogP contribution is -2.55. The fourth-order valence-electron chi connectivity index (χ4n) is 2.83. The van der Waals surface area contributed by atoms with Gasteiger partial charge in [-0.2, -0.15) is 0 Å². The van der Waals surface area contributed by atoms with E-state index in [0.29, 0.717) is 19.5 Å². The summed E-state index contributed by atoms with van der Waals surface area (Å²) >= 11 is 0. The first-order valence-electron chi connectivity index (χ1n) is 8.34. The predicted octanol–water partition coefficient (Wildman–Crippen LogP) is -0.386. The highest BCUT2D eigenvalue weighted by Gasteiger charge is 2.29. The highest BCUT2D eigenvalue weighted by atomic mass is 16.5. The molecule has 0 radical (unpaired) electrons. The Morgan fingerprint density at radius 3 is 2.68 bits per heavy atom. The van der Waals surface area contributed by atoms with Gasteiger partial charge in [0.2, 0.25) is 5.91 Å². The summed E-state index contributed by atoms with van der Waals surface area (Å²) in [5, 5.41) is 19.6. The van der Waals surface area contributed by atoms with E-state index in [-0.39, 0.29) is 24.5 Å². The summed E-state index contributed by atoms with van der Waals surface area (Å²) in [5.74, 6) is 0.484. The van der Waals surface area contributed by atoms with Crippen molar-refractivity contribution in [1.82, 2.24) is 25.6 Å². The second kappa shape index (κ2) is 8.30. The summed E-state index contributed by atoms with van der Waals surface area (Å²) in [6, 6.07) is -0.644. The number of likely N-dealkylation sites (tertiary alicyclic amines) is 1. The average Bonchev–Trinajstić information content (AvgIpc) is 2.87. The molecule has 1 saturated heterocycles. The monoisotopic (exact) mass is 353 g/mol. The number of hydrogen-bond donors (Lipinski definition) is 3. The number of amides is 3. The third-order valence-electron chi connectivity index (χ3n) is 4.38. The number of hydrogen-bond acceptors (Lipinski definition) is 6. The third kappa shape index (κ3) is 5.17. The van der Waals surface area contributed by atoms with Crippen molar-refractivity contribution in [3.63, 3.8) is 0 Å². The van der Waals surface area contributed by atoms with Gasteiger partial charge >= 0.3 is 6.03 Å². The Morgan fingerprint density at radius 2 is 2.12 bits per heavy atom. The van der Waals surface area contributed by atoms with Crippen molar-refractivity contribution in [1.29, 1.82) is 0 Å². The van der Waals surface area contributed by atoms with Crippen LogP contribution in [0.15, 0.2) is 4.52 Å². The Labute approximate surface area is 147 Å². The maximum absolute atomic E-state index is 11.9. The molecule has 0 aliphatic carbocycles. The minimum Gasteiger partial charge on any atom is -0.390 e. The highest BCUT2D eigenvalue weighted by molar-refractivity contribution is 5.83. The number of aryl methyl sites for hydroxylation is 2. The van der Waals surface area contributed by atoms with Crippen LogP contribution in [0.3, 0.4) is 0 Å². The van der Waals surface area contributed by atoms with Gasteiger partial charge in [-0.05, 0) is 20.3 Å². The number of urea groups is 1. The van der Waals surface area contributed by atoms with Gasteiger partial charge in [-0.3, -0.25) is 9.69 Å². The van der Waals surface area contributed by atoms with Crippen LogP contribution in [0.25, 0.3) is 0 Å². The van der Waals surface area contributed by atoms with E-state index in [1.807, 2.05) is 13.8 Å². The van der Waals surface area contributed by atoms with Crippen molar-refractivity contribution in [2.75, 3.05) is 33.7 Å². The first kappa shape index (κ1) is 19.2. The molecule has 0 bridgehead atoms. The molecule has 1 aromatic heterocycles. The molecule has 1 aliphatic rings. The Morgan fingerprint density at radius 1 is 1.40 bits per heavy atom. The van der Waals surface area contributed by atoms with Crippen LogP contribution >= 0.6 is 0 Å². The molecule has 3 N–H and O–H groups in total. The smallest absolute Gasteiger partial charge is 0.317 e. The Hall–Kier alpha value is -2.13. The molecule has 0 spiro atoms. The van der Waals surface area contributed by atoms with Gasteiger partial charge in [-0.25, -0.2) is 4.79 Å². The zero-order chi connectivity index (χ0) is 18.6. The Balaban J connectivity index is 1.79. The molecule has 3 amide bonds. The van der Waals surface area contributed by atoms with Crippen molar-refractivity contribution >= 4 is 11.9 Å². The lowest BCUT2D eigenvalue weighted by molar-refractivity contribution is -0.122. The molecule has 140 valence electrons. The number of carbonyl (C=O) groups excluding carboxylic acids is 2. The number of nitrogens with one attached hydrogen (secondary N) is 2. The van der Waals surface area contributed by atoms with E-state index in [1.54, 1.807) is 14.1 Å². The maximum Gasteiger partial charge on any atom is 0.317 e. The number of nitrogens with zero attached hydrogens (tertiary/aromatic N) is 3. The Bertz CT molecular complexity index is 596. The van der Waals surface area contributed by atoms with Crippen LogP contribution in [0, 0.1) is 13.8 Å². The van der Waals surface area contributed by atoms with Gasteiger partial charge in [0.1, 0.15) is 5.76 Å². The number of β-amino-alcohol motifs (C(OH)–C–C–N with tert-alkyl or cyclic N) is 1. The van der Waals surface area contributed by atoms with E-state index in [9.17, 15) is 14.7 Å². The predicted molar refractivity (Wildman–Crippen MR) is 90.9 cm³/mol. The van der Waals surface area contributed by atoms with E-state index in [0.717, 1.165) is 23.6 Å². The van der Waals surface area contributed by atoms with Crippen LogP contribution in [0.4, 0.5) is 4.79 Å². The van der Waals surface area contributed by atoms with E-state index in [1.165, 1.54) is 4.90 Å². The quantitative estimate of drug-likeness (QED) is 0.665. The minimum atomic E-state index is -0.664. The van der Waals surface area contributed by atoms with Gasteiger partial charge in [0.15, 0.2) is 0 Å². The van der Waals surface area contributed by atoms with Gasteiger partial charge in [0.05, 0.1) is 24.4 Å². The van der Waals surface area contributed by atoms with Crippen LogP contribution < -0.4 is 10.6 Å². The first-order chi connectivity index (χ1) is 11.8. The van der Waals surface area contributed by atoms with Crippen LogP contribution in [-0.4, -0.2) is 77.9 Å². The number of piperidine rings is 1. The normalized spacial score (nSPS) is 21.0. The number of aliphatic hydroxyl groups is 1. The molecule has 25 heavy (non-hydrogen) atoms. The van der Waals surface area contributed by atoms with Crippen molar-refractivity contribution in [3.8, 4) is 0 Å². The van der Waals surface area contributed by atoms with E-state index >= 15 is 0 Å². The third-order valence-corrected chi connectivity index (χ3v) is 4.38. The van der Waals surface area contributed by atoms with Gasteiger partial charge in [0.25, 0.3) is 0 Å². The van der Waals surface area contributed by atoms with Crippen molar-refractivity contribution in [2.24, 2.45) is 0 Å². The zero-order valence-corrected chi connectivity index (χ0v) is 15.2. The lowest BCUT2D eigenvalue weighted by atomic mass is 10.0. The second-order valence-corrected chi connectivity index (χ2v) is 6.62. The molecule has 2 atom stereocenters. The Kier molecular flexibility index (Phi) is 6.38. The fraction of sp³-hybridized carbons (Fsp3) is 0.688. The summed E-state index contributed by atoms with van der Waals surface area (Å²) < 4.78 is 5.17. The molecule has 0 unspecified atom stereocenters. The molecule has 1 aromatic rings. The summed E-state index contributed by atoms with van der Waals surface area (Å²) in [7, 11) is 3.21. The first-order valence-corrected chi connectivity index (χ1v) is 8.34. The van der Waals surface area contributed by atoms with Crippen LogP contribution in [-0.2, 0) is 11.3 Å². The number of carbonyl (C=O) groups is 2. The molecular formula is C16H27N5O4. The van der Waals surface area contributed by atoms with Gasteiger partial charge in [-0.1, -0.05) is 5.16 Å². The van der Waals surface area contributed by atoms with Gasteiger partial charge in [0, 0.05) is 39.3 Å². The summed E-state index contributed by atoms with van der Waals surface area (Å²) in [4.78, 5) is 26.8. The number of aliphatic hydroxyl groups excluding tert-OH is 1. The SMILES string of the molecule is Cc1noc(C)c1CN1CC[C@@H](NC(=O)CNC(=O)N(C)C)[C@H](O)C1. The average molecular weight is 353 g/mol. The summed E-state index contributed by atoms with van der Waals surface area (Å²) in [6.45, 7) is 5.54. The van der Waals surface area contributed by atoms with Crippen molar-refractivity contribution in [3.05, 3.63) is 17.0 Å². The summed E-state index contributed by atoms with van der Waals surface area (Å²) in [6.07, 6.45) is -0.0273. The van der Waals surface area contributed by atoms with Crippen LogP contribution in [0.5, 0.6) is 0 Å². The maximum atomic E-state index is 11.9. The standard InChI is InChI=1S/C16H27N5O4/c1-10-12(11(2)25-19-10)8-21-6-5-13(14(22)9-21)18-15(23)7-17-16(24)20(3)4/h13-14,22H,5-9H2,1-4H3,(H,17,24)(H,18,23)/t13-,14-/m1/s1. The number of aromatic nitrogens is 1. The van der Waals surface area contributed by atoms with Crippen molar-refractivity contribution in [2.45, 2.75) is 39.0 Å². The molecule has 9 heteroatoms. The number of rotatable bonds is 5. The second-order valence-electron chi connectivity index (χ2n) is 6.62. The lowest BCUT2D eigenvalue weighted by Gasteiger charge is -2.36. The van der Waals surface area contributed by atoms with E-state index in [2.05, 4.69) is 20.7 Å². The molecule has 1 aliphatic heterocycles. The highest BCUT2D eigenvalue weighted by Crippen LogP contribution is 2.19. The van der Waals surface area contributed by atoms with E-state index < -0.39 is 6.10 Å². The van der Waals surface area contributed by atoms with Crippen LogP contribution in [0.2, 0.25) is 0 Å². The van der Waals surface area contributed by atoms with E-state index in [4.69, 9.17) is 4.52 Å². The summed E-state index contributed by atoms with van der Waals surface area (Å²) in [5.41, 5.74) is 1.90. The molecule has 2 rings (SSSR count). The molecule has 0 aromatic carbocycles. The molecular weight excluding hydrogens is 326 g/mol. The van der Waals surface area contributed by atoms with Crippen LogP contribution in [0.1, 0.15) is 23.4 Å². The molecule has 2 heterocycles. The molecule has 1 fully saturated rings. The van der Waals surface area contributed by atoms with Gasteiger partial charge in [-0.15, -0.1) is 0 Å².